The number of rotatable bonds is 5. The van der Waals surface area contributed by atoms with Gasteiger partial charge < -0.3 is 14.7 Å². The van der Waals surface area contributed by atoms with Crippen molar-refractivity contribution in [1.82, 2.24) is 4.90 Å². The Morgan fingerprint density at radius 3 is 2.44 bits per heavy atom. The van der Waals surface area contributed by atoms with E-state index in [0.29, 0.717) is 18.4 Å². The number of ether oxygens (including phenoxy) is 1. The number of hydrogen-bond donors (Lipinski definition) is 1. The Balaban J connectivity index is 2.02. The molecule has 140 valence electrons. The molecule has 1 aromatic rings. The lowest BCUT2D eigenvalue weighted by atomic mass is 9.88. The van der Waals surface area contributed by atoms with Crippen LogP contribution in [-0.2, 0) is 4.74 Å². The van der Waals surface area contributed by atoms with Crippen LogP contribution in [0.15, 0.2) is 30.3 Å². The summed E-state index contributed by atoms with van der Waals surface area (Å²) in [5, 5.41) is 9.47. The first-order chi connectivity index (χ1) is 11.7. The molecular formula is C19H27F2NO3. The van der Waals surface area contributed by atoms with Gasteiger partial charge >= 0.3 is 6.09 Å². The van der Waals surface area contributed by atoms with E-state index in [2.05, 4.69) is 0 Å². The van der Waals surface area contributed by atoms with Crippen LogP contribution in [0.4, 0.5) is 13.6 Å². The molecule has 1 aromatic carbocycles. The second-order valence-electron chi connectivity index (χ2n) is 7.53. The quantitative estimate of drug-likeness (QED) is 0.829. The first-order valence-corrected chi connectivity index (χ1v) is 8.66. The van der Waals surface area contributed by atoms with Crippen molar-refractivity contribution in [3.8, 4) is 0 Å². The molecule has 0 bridgehead atoms. The van der Waals surface area contributed by atoms with E-state index in [0.717, 1.165) is 0 Å². The second-order valence-corrected chi connectivity index (χ2v) is 7.53. The van der Waals surface area contributed by atoms with Gasteiger partial charge in [-0.1, -0.05) is 30.3 Å². The summed E-state index contributed by atoms with van der Waals surface area (Å²) in [6.07, 6.45) is -2.93. The van der Waals surface area contributed by atoms with Crippen molar-refractivity contribution in [2.45, 2.75) is 70.0 Å². The smallest absolute Gasteiger partial charge is 0.407 e. The predicted molar refractivity (Wildman–Crippen MR) is 92.2 cm³/mol. The molecule has 0 radical (unpaired) electrons. The topological polar surface area (TPSA) is 49.8 Å². The average Bonchev–Trinajstić information content (AvgIpc) is 2.53. The minimum atomic E-state index is -1.32. The lowest BCUT2D eigenvalue weighted by Gasteiger charge is -2.43. The Labute approximate surface area is 147 Å². The number of carboxylic acid groups (broad SMARTS) is 1. The molecule has 0 saturated heterocycles. The van der Waals surface area contributed by atoms with Crippen molar-refractivity contribution in [3.05, 3.63) is 35.9 Å². The molecule has 1 saturated carbocycles. The molecule has 0 heterocycles. The largest absolute Gasteiger partial charge is 0.465 e. The zero-order valence-electron chi connectivity index (χ0n) is 15.0. The van der Waals surface area contributed by atoms with Crippen LogP contribution >= 0.6 is 0 Å². The molecule has 25 heavy (non-hydrogen) atoms. The van der Waals surface area contributed by atoms with Crippen LogP contribution in [-0.4, -0.2) is 46.6 Å². The van der Waals surface area contributed by atoms with Gasteiger partial charge in [-0.25, -0.2) is 13.6 Å². The summed E-state index contributed by atoms with van der Waals surface area (Å²) in [6.45, 7) is 4.67. The number of hydrogen-bond acceptors (Lipinski definition) is 2. The molecule has 0 spiro atoms. The van der Waals surface area contributed by atoms with E-state index >= 15 is 0 Å². The average molecular weight is 355 g/mol. The van der Waals surface area contributed by atoms with Crippen LogP contribution in [0.2, 0.25) is 0 Å². The van der Waals surface area contributed by atoms with Crippen molar-refractivity contribution >= 4 is 6.09 Å². The fourth-order valence-corrected chi connectivity index (χ4v) is 3.53. The SMILES string of the molecule is CC(C)(C)N(C(=O)O)C1CCC(OC(CF)c2ccccc2)C(F)C1. The summed E-state index contributed by atoms with van der Waals surface area (Å²) in [5.41, 5.74) is 0.0799. The molecule has 1 amide bonds. The maximum absolute atomic E-state index is 14.7. The Morgan fingerprint density at radius 1 is 1.32 bits per heavy atom. The highest BCUT2D eigenvalue weighted by Crippen LogP contribution is 2.34. The summed E-state index contributed by atoms with van der Waals surface area (Å²) >= 11 is 0. The highest BCUT2D eigenvalue weighted by molar-refractivity contribution is 5.66. The summed E-state index contributed by atoms with van der Waals surface area (Å²) in [4.78, 5) is 12.9. The molecule has 1 fully saturated rings. The number of amides is 1. The molecule has 0 aromatic heterocycles. The Morgan fingerprint density at radius 2 is 1.96 bits per heavy atom. The van der Waals surface area contributed by atoms with E-state index in [-0.39, 0.29) is 6.42 Å². The lowest BCUT2D eigenvalue weighted by Crippen LogP contribution is -2.54. The van der Waals surface area contributed by atoms with Gasteiger partial charge in [0.25, 0.3) is 0 Å². The minimum Gasteiger partial charge on any atom is -0.465 e. The maximum Gasteiger partial charge on any atom is 0.407 e. The number of halogens is 2. The normalized spacial score (nSPS) is 25.4. The van der Waals surface area contributed by atoms with Gasteiger partial charge in [0.05, 0.1) is 6.10 Å². The highest BCUT2D eigenvalue weighted by atomic mass is 19.1. The first kappa shape index (κ1) is 19.6. The third-order valence-corrected chi connectivity index (χ3v) is 4.63. The number of nitrogens with zero attached hydrogens (tertiary/aromatic N) is 1. The van der Waals surface area contributed by atoms with Gasteiger partial charge in [0.2, 0.25) is 0 Å². The molecule has 1 aliphatic rings. The lowest BCUT2D eigenvalue weighted by molar-refractivity contribution is -0.0922. The Bertz CT molecular complexity index is 562. The number of alkyl halides is 2. The van der Waals surface area contributed by atoms with Crippen LogP contribution in [0.5, 0.6) is 0 Å². The molecular weight excluding hydrogens is 328 g/mol. The van der Waals surface area contributed by atoms with Gasteiger partial charge in [-0.3, -0.25) is 0 Å². The monoisotopic (exact) mass is 355 g/mol. The van der Waals surface area contributed by atoms with Gasteiger partial charge in [-0.2, -0.15) is 0 Å². The van der Waals surface area contributed by atoms with E-state index in [9.17, 15) is 18.7 Å². The molecule has 6 heteroatoms. The van der Waals surface area contributed by atoms with Crippen LogP contribution in [0.1, 0.15) is 51.7 Å². The van der Waals surface area contributed by atoms with Crippen molar-refractivity contribution in [1.29, 1.82) is 0 Å². The Hall–Kier alpha value is -1.69. The standard InChI is InChI=1S/C19H27F2NO3/c1-19(2,3)22(18(23)24)14-9-10-16(15(21)11-14)25-17(12-20)13-7-5-4-6-8-13/h4-8,14-17H,9-12H2,1-3H3,(H,23,24). The fraction of sp³-hybridized carbons (Fsp3) is 0.632. The summed E-state index contributed by atoms with van der Waals surface area (Å²) < 4.78 is 33.7. The molecule has 4 unspecified atom stereocenters. The van der Waals surface area contributed by atoms with E-state index < -0.39 is 42.7 Å². The van der Waals surface area contributed by atoms with Gasteiger partial charge in [-0.05, 0) is 39.2 Å². The van der Waals surface area contributed by atoms with Gasteiger partial charge in [0, 0.05) is 18.0 Å². The maximum atomic E-state index is 14.7. The number of carbonyl (C=O) groups is 1. The van der Waals surface area contributed by atoms with Crippen LogP contribution in [0, 0.1) is 0 Å². The Kier molecular flexibility index (Phi) is 6.38. The van der Waals surface area contributed by atoms with Gasteiger partial charge in [0.15, 0.2) is 0 Å². The van der Waals surface area contributed by atoms with E-state index in [1.165, 1.54) is 4.90 Å². The van der Waals surface area contributed by atoms with Crippen LogP contribution in [0.3, 0.4) is 0 Å². The van der Waals surface area contributed by atoms with Crippen molar-refractivity contribution in [2.24, 2.45) is 0 Å². The molecule has 1 N–H and O–H groups in total. The van der Waals surface area contributed by atoms with Gasteiger partial charge in [-0.15, -0.1) is 0 Å². The molecule has 1 aliphatic carbocycles. The predicted octanol–water partition coefficient (Wildman–Crippen LogP) is 4.75. The highest BCUT2D eigenvalue weighted by Gasteiger charge is 2.40. The van der Waals surface area contributed by atoms with E-state index in [4.69, 9.17) is 4.74 Å². The van der Waals surface area contributed by atoms with E-state index in [1.807, 2.05) is 6.07 Å². The molecule has 4 nitrogen and oxygen atoms in total. The summed E-state index contributed by atoms with van der Waals surface area (Å²) in [6, 6.07) is 8.53. The molecule has 4 atom stereocenters. The third kappa shape index (κ3) is 4.91. The third-order valence-electron chi connectivity index (χ3n) is 4.63. The van der Waals surface area contributed by atoms with Crippen LogP contribution < -0.4 is 0 Å². The van der Waals surface area contributed by atoms with Gasteiger partial charge in [0.1, 0.15) is 19.0 Å². The van der Waals surface area contributed by atoms with E-state index in [1.54, 1.807) is 45.0 Å². The summed E-state index contributed by atoms with van der Waals surface area (Å²) in [7, 11) is 0. The van der Waals surface area contributed by atoms with Crippen molar-refractivity contribution in [2.75, 3.05) is 6.67 Å². The molecule has 2 rings (SSSR count). The zero-order chi connectivity index (χ0) is 18.6. The van der Waals surface area contributed by atoms with Crippen molar-refractivity contribution in [3.63, 3.8) is 0 Å². The summed E-state index contributed by atoms with van der Waals surface area (Å²) in [5.74, 6) is 0. The zero-order valence-corrected chi connectivity index (χ0v) is 15.0. The van der Waals surface area contributed by atoms with Crippen LogP contribution in [0.25, 0.3) is 0 Å². The second kappa shape index (κ2) is 8.13. The van der Waals surface area contributed by atoms with Crippen molar-refractivity contribution < 1.29 is 23.4 Å². The first-order valence-electron chi connectivity index (χ1n) is 8.66. The minimum absolute atomic E-state index is 0.0715. The number of benzene rings is 1. The fourth-order valence-electron chi connectivity index (χ4n) is 3.53. The molecule has 0 aliphatic heterocycles.